The summed E-state index contributed by atoms with van der Waals surface area (Å²) in [6.07, 6.45) is 6.02. The number of aliphatic hydroxyl groups is 1. The molecule has 0 spiro atoms. The van der Waals surface area contributed by atoms with Gasteiger partial charge in [-0.25, -0.2) is 0 Å². The number of hydrogen-bond donors (Lipinski definition) is 5. The number of hydrogen-bond acceptors (Lipinski definition) is 11. The zero-order valence-corrected chi connectivity index (χ0v) is 36.3. The highest BCUT2D eigenvalue weighted by atomic mass is 16.6. The minimum atomic E-state index is -0.305. The average molecular weight is 807 g/mol. The second-order valence-corrected chi connectivity index (χ2v) is 18.8. The van der Waals surface area contributed by atoms with E-state index < -0.39 is 0 Å². The Hall–Kier alpha value is -2.27. The fraction of sp³-hybridized carbons (Fsp3) is 0.809. The molecule has 1 aromatic rings. The average Bonchev–Trinajstić information content (AvgIpc) is 3.98. The third-order valence-electron chi connectivity index (χ3n) is 15.9. The van der Waals surface area contributed by atoms with E-state index in [1.807, 2.05) is 18.2 Å². The number of methoxy groups -OCH3 is 2. The molecule has 7 rings (SSSR count). The van der Waals surface area contributed by atoms with E-state index in [0.717, 1.165) is 49.8 Å². The molecule has 8 bridgehead atoms. The predicted octanol–water partition coefficient (Wildman–Crippen LogP) is 4.40. The number of ether oxygens (including phenoxy) is 5. The van der Waals surface area contributed by atoms with Crippen molar-refractivity contribution >= 4 is 5.97 Å². The van der Waals surface area contributed by atoms with Crippen molar-refractivity contribution in [1.82, 2.24) is 21.3 Å². The van der Waals surface area contributed by atoms with E-state index in [1.54, 1.807) is 7.11 Å². The maximum atomic E-state index is 12.5. The zero-order valence-electron chi connectivity index (χ0n) is 36.3. The molecule has 58 heavy (non-hydrogen) atoms. The Morgan fingerprint density at radius 1 is 0.724 bits per heavy atom. The van der Waals surface area contributed by atoms with Crippen LogP contribution in [-0.2, 0) is 23.7 Å². The number of carbonyl (C=O) groups excluding carboxylic acids is 1. The summed E-state index contributed by atoms with van der Waals surface area (Å²) in [5.41, 5.74) is 0.910. The summed E-state index contributed by atoms with van der Waals surface area (Å²) in [5, 5.41) is 28.5. The molecule has 0 amide bonds. The lowest BCUT2D eigenvalue weighted by Gasteiger charge is -2.32. The molecule has 6 fully saturated rings. The van der Waals surface area contributed by atoms with Gasteiger partial charge >= 0.3 is 5.97 Å². The Kier molecular flexibility index (Phi) is 15.2. The highest BCUT2D eigenvalue weighted by Gasteiger charge is 2.58. The van der Waals surface area contributed by atoms with Crippen molar-refractivity contribution in [3.63, 3.8) is 0 Å². The fourth-order valence-corrected chi connectivity index (χ4v) is 12.7. The molecule has 16 unspecified atom stereocenters. The lowest BCUT2D eigenvalue weighted by atomic mass is 9.76. The molecule has 11 nitrogen and oxygen atoms in total. The van der Waals surface area contributed by atoms with Gasteiger partial charge in [-0.15, -0.1) is 0 Å². The molecule has 11 heteroatoms. The standard InChI is InChI=1S/C47H74N4O7/c1-8-32-27(2)37-25-41-33(14-13-31-11-9-10-12-43(31)58-22-21-57-20-19-56-18-17-54-6)28(3)36(49-41)24-38-29(4)34(15-16-44(53)55-7)46(50-38)35-23-42(52)45-30(5)39(51-47(35)45)26-40(32)48-37/h9-12,27-30,32-42,45-52H,8,15-26H2,1-7H3/t27?,28?,29-,30?,32?,33?,34-,35?,36?,37?,38?,39?,40?,41?,42?,45?,46?,47?/m0/s1. The molecule has 1 aromatic carbocycles. The molecule has 1 saturated carbocycles. The van der Waals surface area contributed by atoms with Crippen LogP contribution < -0.4 is 26.0 Å². The summed E-state index contributed by atoms with van der Waals surface area (Å²) < 4.78 is 27.6. The zero-order chi connectivity index (χ0) is 40.9. The quantitative estimate of drug-likeness (QED) is 0.104. The van der Waals surface area contributed by atoms with E-state index in [-0.39, 0.29) is 42.0 Å². The molecule has 18 atom stereocenters. The molecule has 0 radical (unpaired) electrons. The van der Waals surface area contributed by atoms with Crippen molar-refractivity contribution in [1.29, 1.82) is 0 Å². The van der Waals surface area contributed by atoms with Gasteiger partial charge in [0.2, 0.25) is 0 Å². The molecule has 1 aliphatic carbocycles. The fourth-order valence-electron chi connectivity index (χ4n) is 12.7. The first-order valence-corrected chi connectivity index (χ1v) is 22.8. The van der Waals surface area contributed by atoms with E-state index in [9.17, 15) is 9.90 Å². The molecule has 324 valence electrons. The number of fused-ring (bicyclic) bond motifs is 8. The Bertz CT molecular complexity index is 1550. The summed E-state index contributed by atoms with van der Waals surface area (Å²) in [6, 6.07) is 10.7. The van der Waals surface area contributed by atoms with E-state index in [1.165, 1.54) is 7.11 Å². The minimum absolute atomic E-state index is 0.137. The van der Waals surface area contributed by atoms with Gasteiger partial charge in [0.15, 0.2) is 0 Å². The number of benzene rings is 1. The number of rotatable bonds is 14. The number of carbonyl (C=O) groups is 1. The van der Waals surface area contributed by atoms with Gasteiger partial charge in [-0.1, -0.05) is 65.0 Å². The van der Waals surface area contributed by atoms with Crippen molar-refractivity contribution in [3.8, 4) is 17.6 Å². The largest absolute Gasteiger partial charge is 0.490 e. The van der Waals surface area contributed by atoms with Gasteiger partial charge in [-0.3, -0.25) is 4.79 Å². The normalized spacial score (nSPS) is 41.7. The second kappa shape index (κ2) is 20.1. The molecule has 5 saturated heterocycles. The Balaban J connectivity index is 1.13. The maximum absolute atomic E-state index is 12.5. The van der Waals surface area contributed by atoms with Crippen molar-refractivity contribution in [2.75, 3.05) is 53.9 Å². The number of para-hydroxylation sites is 1. The first-order chi connectivity index (χ1) is 28.1. The lowest BCUT2D eigenvalue weighted by Crippen LogP contribution is -2.48. The Morgan fingerprint density at radius 2 is 1.34 bits per heavy atom. The van der Waals surface area contributed by atoms with Crippen LogP contribution >= 0.6 is 0 Å². The van der Waals surface area contributed by atoms with Crippen LogP contribution in [0.15, 0.2) is 24.3 Å². The van der Waals surface area contributed by atoms with Gasteiger partial charge in [0.05, 0.1) is 51.8 Å². The van der Waals surface area contributed by atoms with E-state index in [0.29, 0.717) is 118 Å². The third kappa shape index (κ3) is 9.45. The summed E-state index contributed by atoms with van der Waals surface area (Å²) in [6.45, 7) is 15.1. The second-order valence-electron chi connectivity index (χ2n) is 18.8. The van der Waals surface area contributed by atoms with Gasteiger partial charge in [0.1, 0.15) is 12.4 Å². The molecular formula is C47H74N4O7. The van der Waals surface area contributed by atoms with Crippen LogP contribution in [0.1, 0.15) is 85.1 Å². The Labute approximate surface area is 348 Å². The van der Waals surface area contributed by atoms with Crippen LogP contribution in [0.3, 0.4) is 0 Å². The van der Waals surface area contributed by atoms with Crippen LogP contribution in [0.5, 0.6) is 5.75 Å². The molecule has 0 aromatic heterocycles. The van der Waals surface area contributed by atoms with Gasteiger partial charge in [-0.05, 0) is 85.7 Å². The van der Waals surface area contributed by atoms with Gasteiger partial charge in [-0.2, -0.15) is 0 Å². The molecule has 5 aliphatic heterocycles. The van der Waals surface area contributed by atoms with Crippen LogP contribution in [0.25, 0.3) is 0 Å². The smallest absolute Gasteiger partial charge is 0.305 e. The van der Waals surface area contributed by atoms with Gasteiger partial charge in [0.25, 0.3) is 0 Å². The highest BCUT2D eigenvalue weighted by Crippen LogP contribution is 2.50. The lowest BCUT2D eigenvalue weighted by molar-refractivity contribution is -0.141. The number of nitrogens with one attached hydrogen (secondary N) is 4. The van der Waals surface area contributed by atoms with Gasteiger partial charge in [0, 0.05) is 73.7 Å². The predicted molar refractivity (Wildman–Crippen MR) is 225 cm³/mol. The van der Waals surface area contributed by atoms with Crippen LogP contribution in [-0.4, -0.2) is 119 Å². The van der Waals surface area contributed by atoms with Crippen molar-refractivity contribution in [2.45, 2.75) is 134 Å². The van der Waals surface area contributed by atoms with Crippen molar-refractivity contribution in [2.24, 2.45) is 53.3 Å². The Morgan fingerprint density at radius 3 is 2.10 bits per heavy atom. The van der Waals surface area contributed by atoms with Crippen molar-refractivity contribution < 1.29 is 33.6 Å². The summed E-state index contributed by atoms with van der Waals surface area (Å²) in [4.78, 5) is 12.5. The minimum Gasteiger partial charge on any atom is -0.490 e. The first kappa shape index (κ1) is 43.8. The molecular weight excluding hydrogens is 733 g/mol. The van der Waals surface area contributed by atoms with Crippen molar-refractivity contribution in [3.05, 3.63) is 29.8 Å². The summed E-state index contributed by atoms with van der Waals surface area (Å²) in [5.74, 6) is 11.5. The SMILES string of the molecule is CCC1C2CC3NC4C(CC(O)C4C3C)C3NC(CC4NC(CC(N2)C1C)C(C#Cc1ccccc1OCCOCCOCCOC)C4C)[C@@H](C)[C@@H]3CCC(=O)OC. The molecule has 6 aliphatic rings. The van der Waals surface area contributed by atoms with E-state index >= 15 is 0 Å². The van der Waals surface area contributed by atoms with E-state index in [2.05, 4.69) is 73.8 Å². The topological polar surface area (TPSA) is 132 Å². The van der Waals surface area contributed by atoms with E-state index in [4.69, 9.17) is 23.7 Å². The summed E-state index contributed by atoms with van der Waals surface area (Å²) >= 11 is 0. The maximum Gasteiger partial charge on any atom is 0.305 e. The van der Waals surface area contributed by atoms with Crippen LogP contribution in [0, 0.1) is 65.1 Å². The third-order valence-corrected chi connectivity index (χ3v) is 15.9. The van der Waals surface area contributed by atoms with Gasteiger partial charge < -0.3 is 50.1 Å². The highest BCUT2D eigenvalue weighted by molar-refractivity contribution is 5.69. The van der Waals surface area contributed by atoms with Crippen LogP contribution in [0.2, 0.25) is 0 Å². The van der Waals surface area contributed by atoms with Crippen LogP contribution in [0.4, 0.5) is 0 Å². The summed E-state index contributed by atoms with van der Waals surface area (Å²) in [7, 11) is 3.16. The number of aliphatic hydroxyl groups excluding tert-OH is 1. The molecule has 5 N–H and O–H groups in total. The number of esters is 1. The first-order valence-electron chi connectivity index (χ1n) is 22.8. The monoisotopic (exact) mass is 807 g/mol. The molecule has 5 heterocycles.